The molecule has 0 bridgehead atoms. The molecule has 0 spiro atoms. The van der Waals surface area contributed by atoms with E-state index in [0.717, 1.165) is 24.3 Å². The van der Waals surface area contributed by atoms with E-state index in [4.69, 9.17) is 4.74 Å². The second-order valence-electron chi connectivity index (χ2n) is 4.26. The predicted octanol–water partition coefficient (Wildman–Crippen LogP) is 0.826. The lowest BCUT2D eigenvalue weighted by Gasteiger charge is -2.25. The summed E-state index contributed by atoms with van der Waals surface area (Å²) in [5.74, 6) is 0. The number of H-pyrrole nitrogens is 1. The topological polar surface area (TPSA) is 59.0 Å². The van der Waals surface area contributed by atoms with E-state index in [0.29, 0.717) is 6.61 Å². The molecule has 1 aromatic carbocycles. The molecule has 1 aliphatic rings. The summed E-state index contributed by atoms with van der Waals surface area (Å²) in [6, 6.07) is 7.83. The van der Waals surface area contributed by atoms with Crippen LogP contribution in [0, 0.1) is 0 Å². The number of hydrogen-bond acceptors (Lipinski definition) is 3. The highest BCUT2D eigenvalue weighted by Crippen LogP contribution is 2.24. The Morgan fingerprint density at radius 3 is 2.94 bits per heavy atom. The predicted molar refractivity (Wildman–Crippen MR) is 68.0 cm³/mol. The maximum atomic E-state index is 11.7. The van der Waals surface area contributed by atoms with E-state index in [1.54, 1.807) is 17.0 Å². The zero-order chi connectivity index (χ0) is 12.4. The summed E-state index contributed by atoms with van der Waals surface area (Å²) in [6.07, 6.45) is 3.37. The van der Waals surface area contributed by atoms with E-state index in [-0.39, 0.29) is 11.8 Å². The van der Waals surface area contributed by atoms with Gasteiger partial charge in [0.25, 0.3) is 0 Å². The number of nitrogens with zero attached hydrogens (tertiary/aromatic N) is 1. The molecule has 2 heterocycles. The molecule has 5 heteroatoms. The molecule has 1 aromatic heterocycles. The maximum absolute atomic E-state index is 11.7. The molecule has 1 fully saturated rings. The number of hydrogen-bond donors (Lipinski definition) is 2. The first-order chi connectivity index (χ1) is 8.86. The van der Waals surface area contributed by atoms with Gasteiger partial charge in [0.2, 0.25) is 0 Å². The van der Waals surface area contributed by atoms with Crippen molar-refractivity contribution in [1.82, 2.24) is 14.9 Å². The van der Waals surface area contributed by atoms with Crippen molar-refractivity contribution in [3.63, 3.8) is 0 Å². The molecule has 1 aliphatic heterocycles. The van der Waals surface area contributed by atoms with Crippen LogP contribution in [0.3, 0.4) is 0 Å². The molecule has 0 aliphatic carbocycles. The minimum Gasteiger partial charge on any atom is -0.371 e. The number of para-hydroxylation sites is 1. The summed E-state index contributed by atoms with van der Waals surface area (Å²) in [6.45, 7) is 2.35. The van der Waals surface area contributed by atoms with Gasteiger partial charge in [-0.3, -0.25) is 4.57 Å². The molecule has 94 valence electrons. The normalized spacial score (nSPS) is 19.9. The Morgan fingerprint density at radius 2 is 2.22 bits per heavy atom. The number of rotatable bonds is 2. The molecule has 3 rings (SSSR count). The van der Waals surface area contributed by atoms with E-state index in [1.165, 1.54) is 0 Å². The zero-order valence-corrected chi connectivity index (χ0v) is 9.93. The van der Waals surface area contributed by atoms with Crippen LogP contribution in [0.15, 0.2) is 41.5 Å². The van der Waals surface area contributed by atoms with Crippen LogP contribution in [0.25, 0.3) is 5.69 Å². The van der Waals surface area contributed by atoms with Crippen molar-refractivity contribution < 1.29 is 4.74 Å². The molecule has 5 nitrogen and oxygen atoms in total. The summed E-state index contributed by atoms with van der Waals surface area (Å²) < 4.78 is 7.36. The first-order valence-electron chi connectivity index (χ1n) is 6.04. The molecule has 0 amide bonds. The lowest BCUT2D eigenvalue weighted by Crippen LogP contribution is -2.34. The van der Waals surface area contributed by atoms with Crippen LogP contribution in [0.4, 0.5) is 0 Å². The van der Waals surface area contributed by atoms with Crippen LogP contribution in [0.5, 0.6) is 0 Å². The summed E-state index contributed by atoms with van der Waals surface area (Å²) in [7, 11) is 0. The monoisotopic (exact) mass is 245 g/mol. The fourth-order valence-corrected chi connectivity index (χ4v) is 2.25. The standard InChI is InChI=1S/C13H15N3O2/c17-13-15-5-7-16(13)11-4-2-1-3-10(11)12-9-14-6-8-18-12/h1-5,7,12,14H,6,8-9H2,(H,15,17). The van der Waals surface area contributed by atoms with Crippen LogP contribution in [0.1, 0.15) is 11.7 Å². The van der Waals surface area contributed by atoms with Gasteiger partial charge in [0.05, 0.1) is 18.4 Å². The SMILES string of the molecule is O=c1[nH]ccn1-c1ccccc1C1CNCCO1. The molecule has 0 radical (unpaired) electrons. The summed E-state index contributed by atoms with van der Waals surface area (Å²) in [5.41, 5.74) is 1.77. The summed E-state index contributed by atoms with van der Waals surface area (Å²) in [4.78, 5) is 14.4. The molecule has 1 unspecified atom stereocenters. The number of aromatic amines is 1. The van der Waals surface area contributed by atoms with Gasteiger partial charge >= 0.3 is 5.69 Å². The Labute approximate surface area is 104 Å². The van der Waals surface area contributed by atoms with Crippen molar-refractivity contribution >= 4 is 0 Å². The van der Waals surface area contributed by atoms with E-state index in [2.05, 4.69) is 10.3 Å². The third-order valence-electron chi connectivity index (χ3n) is 3.12. The Balaban J connectivity index is 2.05. The van der Waals surface area contributed by atoms with Gasteiger partial charge in [0, 0.05) is 31.0 Å². The van der Waals surface area contributed by atoms with Crippen molar-refractivity contribution in [2.75, 3.05) is 19.7 Å². The van der Waals surface area contributed by atoms with Crippen molar-refractivity contribution in [3.8, 4) is 5.69 Å². The highest BCUT2D eigenvalue weighted by Gasteiger charge is 2.19. The minimum atomic E-state index is -0.133. The van der Waals surface area contributed by atoms with Crippen LogP contribution in [0.2, 0.25) is 0 Å². The second-order valence-corrected chi connectivity index (χ2v) is 4.26. The van der Waals surface area contributed by atoms with Crippen molar-refractivity contribution in [2.45, 2.75) is 6.10 Å². The van der Waals surface area contributed by atoms with Gasteiger partial charge < -0.3 is 15.0 Å². The molecule has 18 heavy (non-hydrogen) atoms. The second kappa shape index (κ2) is 4.80. The van der Waals surface area contributed by atoms with Crippen LogP contribution >= 0.6 is 0 Å². The van der Waals surface area contributed by atoms with E-state index < -0.39 is 0 Å². The quantitative estimate of drug-likeness (QED) is 0.823. The van der Waals surface area contributed by atoms with Gasteiger partial charge in [-0.05, 0) is 6.07 Å². The Bertz CT molecular complexity index is 582. The lowest BCUT2D eigenvalue weighted by atomic mass is 10.1. The molecular weight excluding hydrogens is 230 g/mol. The first-order valence-corrected chi connectivity index (χ1v) is 6.04. The average molecular weight is 245 g/mol. The summed E-state index contributed by atoms with van der Waals surface area (Å²) >= 11 is 0. The van der Waals surface area contributed by atoms with Gasteiger partial charge in [-0.2, -0.15) is 0 Å². The van der Waals surface area contributed by atoms with Crippen molar-refractivity contribution in [2.24, 2.45) is 0 Å². The van der Waals surface area contributed by atoms with E-state index in [9.17, 15) is 4.79 Å². The number of ether oxygens (including phenoxy) is 1. The smallest absolute Gasteiger partial charge is 0.330 e. The van der Waals surface area contributed by atoms with Gasteiger partial charge in [-0.25, -0.2) is 4.79 Å². The Morgan fingerprint density at radius 1 is 1.33 bits per heavy atom. The molecule has 2 aromatic rings. The fraction of sp³-hybridized carbons (Fsp3) is 0.308. The number of benzene rings is 1. The number of morpholine rings is 1. The zero-order valence-electron chi connectivity index (χ0n) is 9.93. The first kappa shape index (κ1) is 11.3. The van der Waals surface area contributed by atoms with Crippen LogP contribution in [-0.4, -0.2) is 29.2 Å². The minimum absolute atomic E-state index is 0.00301. The van der Waals surface area contributed by atoms with Crippen molar-refractivity contribution in [3.05, 3.63) is 52.7 Å². The van der Waals surface area contributed by atoms with Crippen LogP contribution in [-0.2, 0) is 4.74 Å². The largest absolute Gasteiger partial charge is 0.371 e. The number of aromatic nitrogens is 2. The Kier molecular flexibility index (Phi) is 3.00. The van der Waals surface area contributed by atoms with Gasteiger partial charge in [-0.1, -0.05) is 18.2 Å². The maximum Gasteiger partial charge on any atom is 0.330 e. The highest BCUT2D eigenvalue weighted by atomic mass is 16.5. The third-order valence-corrected chi connectivity index (χ3v) is 3.12. The molecule has 1 atom stereocenters. The Hall–Kier alpha value is -1.85. The fourth-order valence-electron chi connectivity index (χ4n) is 2.25. The number of imidazole rings is 1. The molecule has 0 saturated carbocycles. The highest BCUT2D eigenvalue weighted by molar-refractivity contribution is 5.42. The van der Waals surface area contributed by atoms with E-state index >= 15 is 0 Å². The van der Waals surface area contributed by atoms with Gasteiger partial charge in [0.15, 0.2) is 0 Å². The third kappa shape index (κ3) is 1.98. The average Bonchev–Trinajstić information content (AvgIpc) is 2.86. The summed E-state index contributed by atoms with van der Waals surface area (Å²) in [5, 5.41) is 3.30. The van der Waals surface area contributed by atoms with E-state index in [1.807, 2.05) is 24.3 Å². The van der Waals surface area contributed by atoms with Crippen molar-refractivity contribution in [1.29, 1.82) is 0 Å². The van der Waals surface area contributed by atoms with Gasteiger partial charge in [0.1, 0.15) is 0 Å². The lowest BCUT2D eigenvalue weighted by molar-refractivity contribution is 0.0277. The van der Waals surface area contributed by atoms with Crippen LogP contribution < -0.4 is 11.0 Å². The molecule has 2 N–H and O–H groups in total. The molecular formula is C13H15N3O2. The molecule has 1 saturated heterocycles. The number of nitrogens with one attached hydrogen (secondary N) is 2. The van der Waals surface area contributed by atoms with Gasteiger partial charge in [-0.15, -0.1) is 0 Å².